The zero-order valence-electron chi connectivity index (χ0n) is 15.5. The fourth-order valence-corrected chi connectivity index (χ4v) is 3.20. The van der Waals surface area contributed by atoms with Crippen molar-refractivity contribution >= 4 is 29.5 Å². The number of carbonyl (C=O) groups is 2. The number of rotatable bonds is 4. The number of amides is 2. The van der Waals surface area contributed by atoms with Gasteiger partial charge in [0.25, 0.3) is 11.8 Å². The van der Waals surface area contributed by atoms with E-state index in [-0.39, 0.29) is 23.0 Å². The van der Waals surface area contributed by atoms with Gasteiger partial charge in [-0.25, -0.2) is 4.39 Å². The van der Waals surface area contributed by atoms with Crippen LogP contribution in [0.15, 0.2) is 54.2 Å². The van der Waals surface area contributed by atoms with E-state index in [1.165, 1.54) is 17.0 Å². The van der Waals surface area contributed by atoms with Crippen molar-refractivity contribution in [2.45, 2.75) is 0 Å². The molecule has 0 atom stereocenters. The number of hydrogen-bond acceptors (Lipinski definition) is 2. The average Bonchev–Trinajstić information content (AvgIpc) is 2.69. The van der Waals surface area contributed by atoms with Gasteiger partial charge in [0.15, 0.2) is 0 Å². The van der Waals surface area contributed by atoms with E-state index in [4.69, 9.17) is 11.6 Å². The predicted molar refractivity (Wildman–Crippen MR) is 106 cm³/mol. The molecule has 1 aliphatic heterocycles. The Morgan fingerprint density at radius 1 is 1.11 bits per heavy atom. The first-order valence-corrected chi connectivity index (χ1v) is 9.45. The van der Waals surface area contributed by atoms with Crippen molar-refractivity contribution < 1.29 is 18.9 Å². The lowest BCUT2D eigenvalue weighted by molar-refractivity contribution is -0.883. The van der Waals surface area contributed by atoms with Crippen molar-refractivity contribution in [2.75, 3.05) is 33.2 Å². The van der Waals surface area contributed by atoms with Gasteiger partial charge in [0.05, 0.1) is 43.8 Å². The Balaban J connectivity index is 1.87. The molecule has 1 saturated heterocycles. The second-order valence-corrected chi connectivity index (χ2v) is 7.20. The van der Waals surface area contributed by atoms with Gasteiger partial charge in [-0.2, -0.15) is 0 Å². The number of nitrogens with zero attached hydrogens (tertiary/aromatic N) is 1. The van der Waals surface area contributed by atoms with Gasteiger partial charge in [0, 0.05) is 0 Å². The van der Waals surface area contributed by atoms with E-state index in [0.717, 1.165) is 13.1 Å². The summed E-state index contributed by atoms with van der Waals surface area (Å²) in [6.45, 7) is 2.89. The molecule has 0 spiro atoms. The number of quaternary nitrogens is 1. The lowest BCUT2D eigenvalue weighted by atomic mass is 10.1. The molecular weight excluding hydrogens is 381 g/mol. The van der Waals surface area contributed by atoms with Crippen LogP contribution in [0.1, 0.15) is 15.9 Å². The maximum Gasteiger partial charge on any atom is 0.270 e. The maximum atomic E-state index is 13.2. The molecule has 0 aliphatic carbocycles. The smallest absolute Gasteiger partial charge is 0.270 e. The van der Waals surface area contributed by atoms with Crippen LogP contribution < -0.4 is 10.2 Å². The van der Waals surface area contributed by atoms with Gasteiger partial charge in [-0.1, -0.05) is 35.9 Å². The summed E-state index contributed by atoms with van der Waals surface area (Å²) >= 11 is 6.10. The van der Waals surface area contributed by atoms with Crippen LogP contribution in [0, 0.1) is 5.82 Å². The summed E-state index contributed by atoms with van der Waals surface area (Å²) in [5.41, 5.74) is 1.03. The fraction of sp³-hybridized carbons (Fsp3) is 0.238. The van der Waals surface area contributed by atoms with E-state index in [0.29, 0.717) is 23.7 Å². The van der Waals surface area contributed by atoms with Crippen molar-refractivity contribution in [3.05, 3.63) is 76.2 Å². The SMILES string of the molecule is C[NH+]1CCN(C(=O)/C(=C/c2ccc(F)cc2)NC(=O)c2ccccc2Cl)CC1. The van der Waals surface area contributed by atoms with Crippen LogP contribution in [0.4, 0.5) is 4.39 Å². The van der Waals surface area contributed by atoms with Crippen LogP contribution in [0.25, 0.3) is 6.08 Å². The van der Waals surface area contributed by atoms with E-state index in [9.17, 15) is 14.0 Å². The Kier molecular flexibility index (Phi) is 6.44. The number of hydrogen-bond donors (Lipinski definition) is 2. The fourth-order valence-electron chi connectivity index (χ4n) is 2.97. The first-order valence-electron chi connectivity index (χ1n) is 9.08. The Hall–Kier alpha value is -2.70. The standard InChI is InChI=1S/C21H21ClFN3O2/c1-25-10-12-26(13-11-25)21(28)19(14-15-6-8-16(23)9-7-15)24-20(27)17-4-2-3-5-18(17)22/h2-9,14H,10-13H2,1H3,(H,24,27)/p+1/b19-14-. The zero-order chi connectivity index (χ0) is 20.1. The minimum atomic E-state index is -0.466. The summed E-state index contributed by atoms with van der Waals surface area (Å²) in [6, 6.07) is 12.4. The summed E-state index contributed by atoms with van der Waals surface area (Å²) in [4.78, 5) is 28.8. The molecule has 1 aliphatic rings. The predicted octanol–water partition coefficient (Wildman–Crippen LogP) is 1.61. The van der Waals surface area contributed by atoms with Crippen LogP contribution in [-0.2, 0) is 4.79 Å². The van der Waals surface area contributed by atoms with E-state index < -0.39 is 5.91 Å². The molecule has 1 heterocycles. The lowest BCUT2D eigenvalue weighted by Gasteiger charge is -2.30. The highest BCUT2D eigenvalue weighted by Gasteiger charge is 2.25. The van der Waals surface area contributed by atoms with Gasteiger partial charge in [0.1, 0.15) is 11.5 Å². The quantitative estimate of drug-likeness (QED) is 0.763. The Morgan fingerprint density at radius 2 is 1.75 bits per heavy atom. The molecule has 5 nitrogen and oxygen atoms in total. The van der Waals surface area contributed by atoms with Gasteiger partial charge in [-0.05, 0) is 35.9 Å². The molecule has 2 N–H and O–H groups in total. The summed E-state index contributed by atoms with van der Waals surface area (Å²) in [5, 5.41) is 2.99. The monoisotopic (exact) mass is 402 g/mol. The largest absolute Gasteiger partial charge is 0.334 e. The maximum absolute atomic E-state index is 13.2. The Morgan fingerprint density at radius 3 is 2.39 bits per heavy atom. The van der Waals surface area contributed by atoms with E-state index >= 15 is 0 Å². The highest BCUT2D eigenvalue weighted by atomic mass is 35.5. The van der Waals surface area contributed by atoms with Crippen molar-refractivity contribution in [1.29, 1.82) is 0 Å². The summed E-state index contributed by atoms with van der Waals surface area (Å²) in [5.74, 6) is -1.10. The number of benzene rings is 2. The zero-order valence-corrected chi connectivity index (χ0v) is 16.3. The molecule has 0 aromatic heterocycles. The number of nitrogens with one attached hydrogen (secondary N) is 2. The molecule has 7 heteroatoms. The van der Waals surface area contributed by atoms with Gasteiger partial charge >= 0.3 is 0 Å². The molecular formula is C21H22ClFN3O2+. The van der Waals surface area contributed by atoms with Crippen LogP contribution in [0.5, 0.6) is 0 Å². The van der Waals surface area contributed by atoms with Crippen LogP contribution in [-0.4, -0.2) is 49.9 Å². The third-order valence-electron chi connectivity index (χ3n) is 4.68. The van der Waals surface area contributed by atoms with Crippen LogP contribution in [0.3, 0.4) is 0 Å². The third-order valence-corrected chi connectivity index (χ3v) is 5.01. The topological polar surface area (TPSA) is 53.9 Å². The molecule has 3 rings (SSSR count). The first-order chi connectivity index (χ1) is 13.4. The number of halogens is 2. The first kappa shape index (κ1) is 20.0. The second-order valence-electron chi connectivity index (χ2n) is 6.79. The molecule has 146 valence electrons. The van der Waals surface area contributed by atoms with Crippen molar-refractivity contribution in [3.8, 4) is 0 Å². The van der Waals surface area contributed by atoms with Gasteiger partial charge in [-0.3, -0.25) is 9.59 Å². The minimum absolute atomic E-state index is 0.135. The van der Waals surface area contributed by atoms with Gasteiger partial charge in [-0.15, -0.1) is 0 Å². The molecule has 28 heavy (non-hydrogen) atoms. The molecule has 0 saturated carbocycles. The van der Waals surface area contributed by atoms with Gasteiger partial charge < -0.3 is 15.1 Å². The molecule has 2 aromatic carbocycles. The molecule has 2 amide bonds. The van der Waals surface area contributed by atoms with Crippen molar-refractivity contribution in [2.24, 2.45) is 0 Å². The summed E-state index contributed by atoms with van der Waals surface area (Å²) < 4.78 is 13.2. The highest BCUT2D eigenvalue weighted by Crippen LogP contribution is 2.16. The number of carbonyl (C=O) groups excluding carboxylic acids is 2. The van der Waals surface area contributed by atoms with E-state index in [1.54, 1.807) is 47.4 Å². The summed E-state index contributed by atoms with van der Waals surface area (Å²) in [6.07, 6.45) is 1.56. The molecule has 2 aromatic rings. The minimum Gasteiger partial charge on any atom is -0.334 e. The number of piperazine rings is 1. The Labute approximate surface area is 168 Å². The van der Waals surface area contributed by atoms with E-state index in [2.05, 4.69) is 12.4 Å². The third kappa shape index (κ3) is 4.97. The number of likely N-dealkylation sites (N-methyl/N-ethyl adjacent to an activating group) is 1. The lowest BCUT2D eigenvalue weighted by Crippen LogP contribution is -3.12. The van der Waals surface area contributed by atoms with Crippen LogP contribution in [0.2, 0.25) is 5.02 Å². The molecule has 0 bridgehead atoms. The van der Waals surface area contributed by atoms with E-state index in [1.807, 2.05) is 0 Å². The van der Waals surface area contributed by atoms with Crippen molar-refractivity contribution in [1.82, 2.24) is 10.2 Å². The Bertz CT molecular complexity index is 891. The molecule has 0 unspecified atom stereocenters. The molecule has 0 radical (unpaired) electrons. The normalized spacial score (nSPS) is 15.4. The van der Waals surface area contributed by atoms with Gasteiger partial charge in [0.2, 0.25) is 0 Å². The second kappa shape index (κ2) is 8.99. The van der Waals surface area contributed by atoms with Crippen LogP contribution >= 0.6 is 11.6 Å². The van der Waals surface area contributed by atoms with Crippen molar-refractivity contribution in [3.63, 3.8) is 0 Å². The highest BCUT2D eigenvalue weighted by molar-refractivity contribution is 6.34. The average molecular weight is 403 g/mol. The summed E-state index contributed by atoms with van der Waals surface area (Å²) in [7, 11) is 2.08. The molecule has 1 fully saturated rings.